The Morgan fingerprint density at radius 3 is 2.19 bits per heavy atom. The number of nitrogens with two attached hydrogens (primary N) is 2. The van der Waals surface area contributed by atoms with Crippen LogP contribution in [0.3, 0.4) is 0 Å². The Balaban J connectivity index is 2.90. The van der Waals surface area contributed by atoms with Crippen molar-refractivity contribution in [3.8, 4) is 11.8 Å². The molecule has 0 spiro atoms. The minimum atomic E-state index is 0.0939. The lowest BCUT2D eigenvalue weighted by Gasteiger charge is -2.12. The average molecular weight is 226 g/mol. The summed E-state index contributed by atoms with van der Waals surface area (Å²) in [5, 5.41) is 0. The molecule has 0 atom stereocenters. The lowest BCUT2D eigenvalue weighted by atomic mass is 10.2. The summed E-state index contributed by atoms with van der Waals surface area (Å²) in [5.74, 6) is 1.03. The molecule has 0 fully saturated rings. The molecular weight excluding hydrogens is 208 g/mol. The van der Waals surface area contributed by atoms with E-state index in [1.165, 1.54) is 0 Å². The van der Waals surface area contributed by atoms with Gasteiger partial charge in [0.15, 0.2) is 5.69 Å². The van der Waals surface area contributed by atoms with Crippen molar-refractivity contribution in [3.05, 3.63) is 0 Å². The van der Waals surface area contributed by atoms with Crippen molar-refractivity contribution in [2.75, 3.05) is 24.7 Å². The van der Waals surface area contributed by atoms with Gasteiger partial charge < -0.3 is 20.9 Å². The maximum Gasteiger partial charge on any atom is 0.246 e. The van der Waals surface area contributed by atoms with Crippen molar-refractivity contribution in [1.29, 1.82) is 0 Å². The maximum absolute atomic E-state index is 5.79. The van der Waals surface area contributed by atoms with Gasteiger partial charge in [-0.25, -0.2) is 0 Å². The second kappa shape index (κ2) is 5.39. The first-order valence-electron chi connectivity index (χ1n) is 5.23. The second-order valence-electron chi connectivity index (χ2n) is 3.74. The van der Waals surface area contributed by atoms with Gasteiger partial charge in [-0.1, -0.05) is 13.8 Å². The molecule has 6 nitrogen and oxygen atoms in total. The lowest BCUT2D eigenvalue weighted by Crippen LogP contribution is -2.11. The number of nitrogen functional groups attached to an aromatic ring is 2. The van der Waals surface area contributed by atoms with E-state index in [1.807, 2.05) is 20.8 Å². The van der Waals surface area contributed by atoms with Crippen molar-refractivity contribution >= 4 is 11.6 Å². The molecule has 1 aromatic rings. The molecule has 6 heteroatoms. The van der Waals surface area contributed by atoms with Crippen LogP contribution in [-0.4, -0.2) is 23.2 Å². The molecule has 16 heavy (non-hydrogen) atoms. The van der Waals surface area contributed by atoms with Gasteiger partial charge in [0.25, 0.3) is 0 Å². The Kier molecular flexibility index (Phi) is 4.16. The Morgan fingerprint density at radius 1 is 1.12 bits per heavy atom. The second-order valence-corrected chi connectivity index (χ2v) is 3.74. The third-order valence-corrected chi connectivity index (χ3v) is 1.73. The van der Waals surface area contributed by atoms with Gasteiger partial charge in [0, 0.05) is 0 Å². The van der Waals surface area contributed by atoms with Gasteiger partial charge in [0.05, 0.1) is 13.2 Å². The van der Waals surface area contributed by atoms with Gasteiger partial charge in [-0.2, -0.15) is 9.97 Å². The lowest BCUT2D eigenvalue weighted by molar-refractivity contribution is 0.259. The van der Waals surface area contributed by atoms with Crippen LogP contribution in [0.4, 0.5) is 11.6 Å². The number of hydrogen-bond donors (Lipinski definition) is 2. The Labute approximate surface area is 95.0 Å². The molecule has 0 saturated heterocycles. The Hall–Kier alpha value is -1.72. The minimum Gasteiger partial charge on any atom is -0.476 e. The largest absolute Gasteiger partial charge is 0.476 e. The number of anilines is 2. The zero-order chi connectivity index (χ0) is 12.1. The third-order valence-electron chi connectivity index (χ3n) is 1.73. The van der Waals surface area contributed by atoms with Crippen molar-refractivity contribution < 1.29 is 9.47 Å². The summed E-state index contributed by atoms with van der Waals surface area (Å²) in [5.41, 5.74) is 11.6. The monoisotopic (exact) mass is 226 g/mol. The van der Waals surface area contributed by atoms with Crippen LogP contribution in [0.15, 0.2) is 0 Å². The molecule has 1 heterocycles. The molecule has 0 amide bonds. The maximum atomic E-state index is 5.79. The molecule has 1 rings (SSSR count). The van der Waals surface area contributed by atoms with Gasteiger partial charge in [-0.15, -0.1) is 0 Å². The number of nitrogens with zero attached hydrogens (tertiary/aromatic N) is 2. The molecular formula is C10H18N4O2. The van der Waals surface area contributed by atoms with Crippen LogP contribution in [0.2, 0.25) is 0 Å². The summed E-state index contributed by atoms with van der Waals surface area (Å²) in [6.45, 7) is 6.89. The highest BCUT2D eigenvalue weighted by Crippen LogP contribution is 2.28. The SMILES string of the molecule is CCOc1nc(N)nc(OCC(C)C)c1N. The van der Waals surface area contributed by atoms with Crippen LogP contribution in [0.5, 0.6) is 11.8 Å². The van der Waals surface area contributed by atoms with Crippen LogP contribution < -0.4 is 20.9 Å². The van der Waals surface area contributed by atoms with Crippen LogP contribution in [0, 0.1) is 5.92 Å². The van der Waals surface area contributed by atoms with E-state index in [0.29, 0.717) is 19.1 Å². The minimum absolute atomic E-state index is 0.0939. The number of ether oxygens (including phenoxy) is 2. The van der Waals surface area contributed by atoms with E-state index < -0.39 is 0 Å². The molecule has 0 aliphatic carbocycles. The molecule has 90 valence electrons. The van der Waals surface area contributed by atoms with Gasteiger partial charge in [0.2, 0.25) is 17.7 Å². The molecule has 0 bridgehead atoms. The summed E-state index contributed by atoms with van der Waals surface area (Å²) in [7, 11) is 0. The van der Waals surface area contributed by atoms with Crippen LogP contribution in [0.1, 0.15) is 20.8 Å². The first-order chi connectivity index (χ1) is 7.54. The highest BCUT2D eigenvalue weighted by Gasteiger charge is 2.13. The van der Waals surface area contributed by atoms with Gasteiger partial charge in [-0.05, 0) is 12.8 Å². The van der Waals surface area contributed by atoms with Crippen LogP contribution in [0.25, 0.3) is 0 Å². The highest BCUT2D eigenvalue weighted by molar-refractivity contribution is 5.58. The van der Waals surface area contributed by atoms with Crippen molar-refractivity contribution in [1.82, 2.24) is 9.97 Å². The summed E-state index contributed by atoms with van der Waals surface area (Å²) < 4.78 is 10.7. The number of rotatable bonds is 5. The smallest absolute Gasteiger partial charge is 0.246 e. The Bertz CT molecular complexity index is 355. The molecule has 1 aromatic heterocycles. The standard InChI is InChI=1S/C10H18N4O2/c1-4-15-8-7(11)9(14-10(12)13-8)16-5-6(2)3/h6H,4-5,11H2,1-3H3,(H2,12,13,14). The predicted molar refractivity (Wildman–Crippen MR) is 62.4 cm³/mol. The van der Waals surface area contributed by atoms with Gasteiger partial charge in [0.1, 0.15) is 0 Å². The van der Waals surface area contributed by atoms with E-state index in [2.05, 4.69) is 9.97 Å². The van der Waals surface area contributed by atoms with E-state index in [1.54, 1.807) is 0 Å². The molecule has 0 aliphatic heterocycles. The third kappa shape index (κ3) is 3.15. The van der Waals surface area contributed by atoms with E-state index in [9.17, 15) is 0 Å². The van der Waals surface area contributed by atoms with Crippen molar-refractivity contribution in [2.24, 2.45) is 5.92 Å². The summed E-state index contributed by atoms with van der Waals surface area (Å²) >= 11 is 0. The fourth-order valence-electron chi connectivity index (χ4n) is 1.05. The fourth-order valence-corrected chi connectivity index (χ4v) is 1.05. The first kappa shape index (κ1) is 12.4. The van der Waals surface area contributed by atoms with E-state index >= 15 is 0 Å². The fraction of sp³-hybridized carbons (Fsp3) is 0.600. The molecule has 0 radical (unpaired) electrons. The van der Waals surface area contributed by atoms with Gasteiger partial charge in [-0.3, -0.25) is 0 Å². The number of aromatic nitrogens is 2. The molecule has 0 saturated carbocycles. The van der Waals surface area contributed by atoms with E-state index in [0.717, 1.165) is 0 Å². The van der Waals surface area contributed by atoms with Crippen molar-refractivity contribution in [3.63, 3.8) is 0 Å². The molecule has 4 N–H and O–H groups in total. The first-order valence-corrected chi connectivity index (χ1v) is 5.23. The molecule has 0 aromatic carbocycles. The summed E-state index contributed by atoms with van der Waals surface area (Å²) in [4.78, 5) is 7.82. The van der Waals surface area contributed by atoms with Gasteiger partial charge >= 0.3 is 0 Å². The predicted octanol–water partition coefficient (Wildman–Crippen LogP) is 1.07. The quantitative estimate of drug-likeness (QED) is 0.779. The van der Waals surface area contributed by atoms with Crippen LogP contribution >= 0.6 is 0 Å². The van der Waals surface area contributed by atoms with Crippen LogP contribution in [-0.2, 0) is 0 Å². The van der Waals surface area contributed by atoms with E-state index in [-0.39, 0.29) is 23.4 Å². The zero-order valence-corrected chi connectivity index (χ0v) is 9.86. The average Bonchev–Trinajstić information content (AvgIpc) is 2.21. The molecule has 0 aliphatic rings. The number of hydrogen-bond acceptors (Lipinski definition) is 6. The van der Waals surface area contributed by atoms with E-state index in [4.69, 9.17) is 20.9 Å². The summed E-state index contributed by atoms with van der Waals surface area (Å²) in [6, 6.07) is 0. The van der Waals surface area contributed by atoms with Crippen molar-refractivity contribution in [2.45, 2.75) is 20.8 Å². The Morgan fingerprint density at radius 2 is 1.69 bits per heavy atom. The summed E-state index contributed by atoms with van der Waals surface area (Å²) in [6.07, 6.45) is 0. The normalized spacial score (nSPS) is 10.5. The highest BCUT2D eigenvalue weighted by atomic mass is 16.5. The zero-order valence-electron chi connectivity index (χ0n) is 9.86. The molecule has 0 unspecified atom stereocenters. The topological polar surface area (TPSA) is 96.3 Å².